The second-order valence-corrected chi connectivity index (χ2v) is 4.42. The van der Waals surface area contributed by atoms with Crippen LogP contribution in [0.3, 0.4) is 0 Å². The largest absolute Gasteiger partial charge is 0.370 e. The molecule has 0 bridgehead atoms. The minimum atomic E-state index is 0.253. The normalized spacial score (nSPS) is 17.1. The SMILES string of the molecule is Cc1ccccc1C(C1=NCCN1)N(C)C. The van der Waals surface area contributed by atoms with Crippen LogP contribution in [0.2, 0.25) is 0 Å². The monoisotopic (exact) mass is 217 g/mol. The van der Waals surface area contributed by atoms with Crippen molar-refractivity contribution in [1.82, 2.24) is 10.2 Å². The Morgan fingerprint density at radius 3 is 2.62 bits per heavy atom. The predicted octanol–water partition coefficient (Wildman–Crippen LogP) is 1.60. The molecule has 1 heterocycles. The topological polar surface area (TPSA) is 27.6 Å². The van der Waals surface area contributed by atoms with Crippen LogP contribution in [0.1, 0.15) is 17.2 Å². The fourth-order valence-electron chi connectivity index (χ4n) is 2.16. The number of hydrogen-bond donors (Lipinski definition) is 1. The highest BCUT2D eigenvalue weighted by Gasteiger charge is 2.23. The molecular formula is C13H19N3. The smallest absolute Gasteiger partial charge is 0.119 e. The molecule has 2 rings (SSSR count). The van der Waals surface area contributed by atoms with E-state index in [2.05, 4.69) is 60.5 Å². The van der Waals surface area contributed by atoms with E-state index in [9.17, 15) is 0 Å². The number of aliphatic imine (C=N–C) groups is 1. The lowest BCUT2D eigenvalue weighted by Crippen LogP contribution is -2.35. The van der Waals surface area contributed by atoms with E-state index >= 15 is 0 Å². The van der Waals surface area contributed by atoms with Crippen molar-refractivity contribution in [3.05, 3.63) is 35.4 Å². The summed E-state index contributed by atoms with van der Waals surface area (Å²) >= 11 is 0. The zero-order valence-electron chi connectivity index (χ0n) is 10.2. The number of hydrogen-bond acceptors (Lipinski definition) is 3. The Bertz CT molecular complexity index is 396. The molecule has 0 amide bonds. The summed E-state index contributed by atoms with van der Waals surface area (Å²) in [5.74, 6) is 1.10. The molecule has 0 saturated carbocycles. The summed E-state index contributed by atoms with van der Waals surface area (Å²) < 4.78 is 0. The van der Waals surface area contributed by atoms with Gasteiger partial charge in [0.2, 0.25) is 0 Å². The molecular weight excluding hydrogens is 198 g/mol. The van der Waals surface area contributed by atoms with Crippen molar-refractivity contribution in [2.45, 2.75) is 13.0 Å². The molecule has 0 saturated heterocycles. The van der Waals surface area contributed by atoms with Crippen LogP contribution < -0.4 is 5.32 Å². The lowest BCUT2D eigenvalue weighted by molar-refractivity contribution is 0.364. The Hall–Kier alpha value is -1.35. The van der Waals surface area contributed by atoms with E-state index in [1.807, 2.05) is 0 Å². The Morgan fingerprint density at radius 2 is 2.06 bits per heavy atom. The third-order valence-corrected chi connectivity index (χ3v) is 2.96. The van der Waals surface area contributed by atoms with Gasteiger partial charge in [-0.2, -0.15) is 0 Å². The maximum atomic E-state index is 4.54. The zero-order chi connectivity index (χ0) is 11.5. The van der Waals surface area contributed by atoms with Gasteiger partial charge >= 0.3 is 0 Å². The van der Waals surface area contributed by atoms with Crippen LogP contribution in [0.15, 0.2) is 29.3 Å². The molecule has 86 valence electrons. The molecule has 0 aliphatic carbocycles. The minimum absolute atomic E-state index is 0.253. The maximum Gasteiger partial charge on any atom is 0.119 e. The molecule has 3 nitrogen and oxygen atoms in total. The van der Waals surface area contributed by atoms with Gasteiger partial charge in [0.05, 0.1) is 12.6 Å². The first-order valence-corrected chi connectivity index (χ1v) is 5.70. The molecule has 1 aromatic carbocycles. The van der Waals surface area contributed by atoms with Gasteiger partial charge in [-0.1, -0.05) is 24.3 Å². The highest BCUT2D eigenvalue weighted by molar-refractivity contribution is 5.90. The molecule has 0 radical (unpaired) electrons. The van der Waals surface area contributed by atoms with Gasteiger partial charge in [0.1, 0.15) is 5.84 Å². The summed E-state index contributed by atoms with van der Waals surface area (Å²) in [6.07, 6.45) is 0. The van der Waals surface area contributed by atoms with E-state index in [1.54, 1.807) is 0 Å². The van der Waals surface area contributed by atoms with Gasteiger partial charge in [-0.3, -0.25) is 9.89 Å². The van der Waals surface area contributed by atoms with Gasteiger partial charge < -0.3 is 5.32 Å². The summed E-state index contributed by atoms with van der Waals surface area (Å²) in [5, 5.41) is 3.37. The predicted molar refractivity (Wildman–Crippen MR) is 67.9 cm³/mol. The van der Waals surface area contributed by atoms with Gasteiger partial charge in [-0.05, 0) is 32.1 Å². The van der Waals surface area contributed by atoms with E-state index in [0.29, 0.717) is 0 Å². The lowest BCUT2D eigenvalue weighted by Gasteiger charge is -2.26. The van der Waals surface area contributed by atoms with Gasteiger partial charge in [0, 0.05) is 6.54 Å². The fraction of sp³-hybridized carbons (Fsp3) is 0.462. The fourth-order valence-corrected chi connectivity index (χ4v) is 2.16. The molecule has 1 unspecified atom stereocenters. The molecule has 3 heteroatoms. The Labute approximate surface area is 97.2 Å². The van der Waals surface area contributed by atoms with Crippen LogP contribution in [0.25, 0.3) is 0 Å². The Morgan fingerprint density at radius 1 is 1.31 bits per heavy atom. The number of amidine groups is 1. The van der Waals surface area contributed by atoms with Crippen LogP contribution in [0, 0.1) is 6.92 Å². The summed E-state index contributed by atoms with van der Waals surface area (Å²) in [4.78, 5) is 6.75. The van der Waals surface area contributed by atoms with Crippen molar-refractivity contribution in [2.75, 3.05) is 27.2 Å². The van der Waals surface area contributed by atoms with Crippen molar-refractivity contribution in [2.24, 2.45) is 4.99 Å². The highest BCUT2D eigenvalue weighted by atomic mass is 15.2. The zero-order valence-corrected chi connectivity index (χ0v) is 10.2. The summed E-state index contributed by atoms with van der Waals surface area (Å²) in [6, 6.07) is 8.76. The number of rotatable bonds is 3. The summed E-state index contributed by atoms with van der Waals surface area (Å²) in [6.45, 7) is 4.01. The molecule has 1 atom stereocenters. The van der Waals surface area contributed by atoms with Crippen LogP contribution >= 0.6 is 0 Å². The van der Waals surface area contributed by atoms with Crippen molar-refractivity contribution >= 4 is 5.84 Å². The van der Waals surface area contributed by atoms with Gasteiger partial charge in [-0.15, -0.1) is 0 Å². The Kier molecular flexibility index (Phi) is 3.25. The van der Waals surface area contributed by atoms with E-state index in [0.717, 1.165) is 18.9 Å². The number of likely N-dealkylation sites (N-methyl/N-ethyl adjacent to an activating group) is 1. The van der Waals surface area contributed by atoms with Crippen molar-refractivity contribution in [1.29, 1.82) is 0 Å². The Balaban J connectivity index is 2.36. The van der Waals surface area contributed by atoms with Crippen molar-refractivity contribution in [3.63, 3.8) is 0 Å². The lowest BCUT2D eigenvalue weighted by atomic mass is 9.99. The third kappa shape index (κ3) is 2.09. The average molecular weight is 217 g/mol. The molecule has 1 aliphatic heterocycles. The van der Waals surface area contributed by atoms with Gasteiger partial charge in [0.25, 0.3) is 0 Å². The summed E-state index contributed by atoms with van der Waals surface area (Å²) in [7, 11) is 4.19. The van der Waals surface area contributed by atoms with Gasteiger partial charge in [-0.25, -0.2) is 0 Å². The quantitative estimate of drug-likeness (QED) is 0.832. The molecule has 0 spiro atoms. The number of benzene rings is 1. The second kappa shape index (κ2) is 4.66. The number of nitrogens with one attached hydrogen (secondary N) is 1. The van der Waals surface area contributed by atoms with Crippen LogP contribution in [0.4, 0.5) is 0 Å². The average Bonchev–Trinajstić information content (AvgIpc) is 2.74. The molecule has 0 aromatic heterocycles. The van der Waals surface area contributed by atoms with Crippen LogP contribution in [-0.2, 0) is 0 Å². The van der Waals surface area contributed by atoms with E-state index in [-0.39, 0.29) is 6.04 Å². The maximum absolute atomic E-state index is 4.54. The van der Waals surface area contributed by atoms with Crippen LogP contribution in [-0.4, -0.2) is 37.9 Å². The third-order valence-electron chi connectivity index (χ3n) is 2.96. The highest BCUT2D eigenvalue weighted by Crippen LogP contribution is 2.23. The van der Waals surface area contributed by atoms with Crippen molar-refractivity contribution in [3.8, 4) is 0 Å². The molecule has 16 heavy (non-hydrogen) atoms. The summed E-state index contributed by atoms with van der Waals surface area (Å²) in [5.41, 5.74) is 2.65. The van der Waals surface area contributed by atoms with E-state index in [1.165, 1.54) is 11.1 Å². The van der Waals surface area contributed by atoms with E-state index in [4.69, 9.17) is 0 Å². The van der Waals surface area contributed by atoms with E-state index < -0.39 is 0 Å². The van der Waals surface area contributed by atoms with Gasteiger partial charge in [0.15, 0.2) is 0 Å². The minimum Gasteiger partial charge on any atom is -0.370 e. The van der Waals surface area contributed by atoms with Crippen molar-refractivity contribution < 1.29 is 0 Å². The standard InChI is InChI=1S/C13H19N3/c1-10-6-4-5-7-11(10)12(16(2)3)13-14-8-9-15-13/h4-7,12H,8-9H2,1-3H3,(H,14,15). The molecule has 1 aliphatic rings. The first-order valence-electron chi connectivity index (χ1n) is 5.70. The first-order chi connectivity index (χ1) is 7.70. The second-order valence-electron chi connectivity index (χ2n) is 4.42. The number of aryl methyl sites for hydroxylation is 1. The molecule has 1 aromatic rings. The molecule has 0 fully saturated rings. The molecule has 1 N–H and O–H groups in total. The van der Waals surface area contributed by atoms with Crippen LogP contribution in [0.5, 0.6) is 0 Å². The number of nitrogens with zero attached hydrogens (tertiary/aromatic N) is 2. The first kappa shape index (κ1) is 11.1.